The molecule has 0 radical (unpaired) electrons. The number of carbonyl (C=O) groups is 1. The highest BCUT2D eigenvalue weighted by molar-refractivity contribution is 5.99. The molecule has 0 aromatic carbocycles. The van der Waals surface area contributed by atoms with E-state index in [1.165, 1.54) is 6.42 Å². The van der Waals surface area contributed by atoms with E-state index in [4.69, 9.17) is 0 Å². The predicted octanol–water partition coefficient (Wildman–Crippen LogP) is 2.38. The number of nitrogens with one attached hydrogen (secondary N) is 1. The normalized spacial score (nSPS) is 23.8. The van der Waals surface area contributed by atoms with Gasteiger partial charge >= 0.3 is 0 Å². The fourth-order valence-electron chi connectivity index (χ4n) is 2.51. The van der Waals surface area contributed by atoms with Gasteiger partial charge in [-0.25, -0.2) is 0 Å². The summed E-state index contributed by atoms with van der Waals surface area (Å²) in [4.78, 5) is 18.6. The minimum atomic E-state index is 0.112. The lowest BCUT2D eigenvalue weighted by atomic mass is 9.94. The molecule has 0 spiro atoms. The van der Waals surface area contributed by atoms with Crippen molar-refractivity contribution in [3.8, 4) is 0 Å². The third-order valence-electron chi connectivity index (χ3n) is 3.70. The zero-order chi connectivity index (χ0) is 13.1. The molecule has 0 aliphatic carbocycles. The van der Waals surface area contributed by atoms with Gasteiger partial charge < -0.3 is 10.2 Å². The van der Waals surface area contributed by atoms with Gasteiger partial charge in [-0.2, -0.15) is 0 Å². The topological polar surface area (TPSA) is 45.2 Å². The Labute approximate surface area is 108 Å². The molecule has 2 atom stereocenters. The first-order valence-electron chi connectivity index (χ1n) is 6.56. The van der Waals surface area contributed by atoms with Crippen LogP contribution in [-0.4, -0.2) is 35.4 Å². The van der Waals surface area contributed by atoms with Crippen LogP contribution < -0.4 is 5.32 Å². The molecule has 0 saturated carbocycles. The van der Waals surface area contributed by atoms with E-state index in [-0.39, 0.29) is 5.91 Å². The van der Waals surface area contributed by atoms with Crippen molar-refractivity contribution in [2.45, 2.75) is 32.7 Å². The minimum Gasteiger partial charge on any atom is -0.386 e. The van der Waals surface area contributed by atoms with Crippen molar-refractivity contribution in [1.29, 1.82) is 0 Å². The molecular formula is C14H21N3O. The Kier molecular flexibility index (Phi) is 3.84. The molecule has 1 amide bonds. The van der Waals surface area contributed by atoms with Gasteiger partial charge in [0, 0.05) is 25.8 Å². The summed E-state index contributed by atoms with van der Waals surface area (Å²) >= 11 is 0. The number of hydrogen-bond acceptors (Lipinski definition) is 3. The van der Waals surface area contributed by atoms with Crippen LogP contribution in [0.25, 0.3) is 0 Å². The van der Waals surface area contributed by atoms with E-state index < -0.39 is 0 Å². The van der Waals surface area contributed by atoms with Crippen LogP contribution in [0.2, 0.25) is 0 Å². The molecular weight excluding hydrogens is 226 g/mol. The maximum Gasteiger partial charge on any atom is 0.256 e. The van der Waals surface area contributed by atoms with Crippen molar-refractivity contribution < 1.29 is 4.79 Å². The average molecular weight is 247 g/mol. The van der Waals surface area contributed by atoms with Crippen LogP contribution in [-0.2, 0) is 0 Å². The molecule has 2 rings (SSSR count). The van der Waals surface area contributed by atoms with Crippen molar-refractivity contribution in [2.75, 3.05) is 18.9 Å². The molecule has 1 saturated heterocycles. The number of likely N-dealkylation sites (tertiary alicyclic amines) is 1. The molecule has 1 fully saturated rings. The minimum absolute atomic E-state index is 0.112. The standard InChI is InChI=1S/C14H21N3O/c1-10-4-5-11(2)17(9-10)14(18)12-6-7-16-8-13(12)15-3/h6-8,10-11,15H,4-5,9H2,1-3H3. The second kappa shape index (κ2) is 5.38. The van der Waals surface area contributed by atoms with Gasteiger partial charge in [-0.3, -0.25) is 9.78 Å². The van der Waals surface area contributed by atoms with Gasteiger partial charge in [-0.05, 0) is 31.7 Å². The maximum atomic E-state index is 12.6. The van der Waals surface area contributed by atoms with E-state index in [1.807, 2.05) is 11.9 Å². The molecule has 1 aliphatic heterocycles. The highest BCUT2D eigenvalue weighted by Gasteiger charge is 2.28. The van der Waals surface area contributed by atoms with Crippen molar-refractivity contribution in [2.24, 2.45) is 5.92 Å². The third kappa shape index (κ3) is 2.47. The molecule has 4 heteroatoms. The highest BCUT2D eigenvalue weighted by atomic mass is 16.2. The van der Waals surface area contributed by atoms with Gasteiger partial charge in [-0.15, -0.1) is 0 Å². The lowest BCUT2D eigenvalue weighted by Gasteiger charge is -2.37. The van der Waals surface area contributed by atoms with Gasteiger partial charge in [0.2, 0.25) is 0 Å². The van der Waals surface area contributed by atoms with Gasteiger partial charge in [0.1, 0.15) is 0 Å². The summed E-state index contributed by atoms with van der Waals surface area (Å²) < 4.78 is 0. The molecule has 1 N–H and O–H groups in total. The average Bonchev–Trinajstić information content (AvgIpc) is 2.40. The molecule has 98 valence electrons. The summed E-state index contributed by atoms with van der Waals surface area (Å²) in [5, 5.41) is 3.03. The van der Waals surface area contributed by atoms with Crippen LogP contribution in [0.1, 0.15) is 37.0 Å². The molecule has 4 nitrogen and oxygen atoms in total. The van der Waals surface area contributed by atoms with Crippen molar-refractivity contribution in [1.82, 2.24) is 9.88 Å². The summed E-state index contributed by atoms with van der Waals surface area (Å²) in [5.41, 5.74) is 1.52. The van der Waals surface area contributed by atoms with Crippen LogP contribution in [0.15, 0.2) is 18.5 Å². The maximum absolute atomic E-state index is 12.6. The monoisotopic (exact) mass is 247 g/mol. The van der Waals surface area contributed by atoms with Crippen LogP contribution in [0, 0.1) is 5.92 Å². The predicted molar refractivity (Wildman–Crippen MR) is 72.7 cm³/mol. The molecule has 2 heterocycles. The van der Waals surface area contributed by atoms with Crippen LogP contribution in [0.3, 0.4) is 0 Å². The number of carbonyl (C=O) groups excluding carboxylic acids is 1. The summed E-state index contributed by atoms with van der Waals surface area (Å²) in [6.07, 6.45) is 5.67. The Hall–Kier alpha value is -1.58. The Morgan fingerprint density at radius 1 is 1.44 bits per heavy atom. The molecule has 18 heavy (non-hydrogen) atoms. The molecule has 0 bridgehead atoms. The van der Waals surface area contributed by atoms with Crippen molar-refractivity contribution in [3.63, 3.8) is 0 Å². The lowest BCUT2D eigenvalue weighted by molar-refractivity contribution is 0.0575. The van der Waals surface area contributed by atoms with E-state index in [2.05, 4.69) is 24.1 Å². The smallest absolute Gasteiger partial charge is 0.256 e. The fourth-order valence-corrected chi connectivity index (χ4v) is 2.51. The third-order valence-corrected chi connectivity index (χ3v) is 3.70. The van der Waals surface area contributed by atoms with Crippen LogP contribution in [0.5, 0.6) is 0 Å². The van der Waals surface area contributed by atoms with Gasteiger partial charge in [0.05, 0.1) is 17.4 Å². The van der Waals surface area contributed by atoms with E-state index >= 15 is 0 Å². The summed E-state index contributed by atoms with van der Waals surface area (Å²) in [6, 6.07) is 2.12. The van der Waals surface area contributed by atoms with Crippen molar-refractivity contribution in [3.05, 3.63) is 24.0 Å². The SMILES string of the molecule is CNc1cnccc1C(=O)N1CC(C)CCC1C. The van der Waals surface area contributed by atoms with E-state index in [9.17, 15) is 4.79 Å². The lowest BCUT2D eigenvalue weighted by Crippen LogP contribution is -2.45. The number of aromatic nitrogens is 1. The summed E-state index contributed by atoms with van der Waals surface area (Å²) in [5.74, 6) is 0.700. The van der Waals surface area contributed by atoms with Gasteiger partial charge in [0.25, 0.3) is 5.91 Å². The second-order valence-electron chi connectivity index (χ2n) is 5.16. The fraction of sp³-hybridized carbons (Fsp3) is 0.571. The number of hydrogen-bond donors (Lipinski definition) is 1. The number of amides is 1. The zero-order valence-electron chi connectivity index (χ0n) is 11.3. The van der Waals surface area contributed by atoms with E-state index in [0.717, 1.165) is 18.7 Å². The number of rotatable bonds is 2. The first-order chi connectivity index (χ1) is 8.63. The summed E-state index contributed by atoms with van der Waals surface area (Å²) in [7, 11) is 1.82. The molecule has 1 aromatic heterocycles. The largest absolute Gasteiger partial charge is 0.386 e. The Morgan fingerprint density at radius 3 is 2.94 bits per heavy atom. The number of anilines is 1. The Morgan fingerprint density at radius 2 is 2.22 bits per heavy atom. The molecule has 2 unspecified atom stereocenters. The van der Waals surface area contributed by atoms with Crippen LogP contribution >= 0.6 is 0 Å². The molecule has 1 aliphatic rings. The second-order valence-corrected chi connectivity index (χ2v) is 5.16. The molecule has 1 aromatic rings. The van der Waals surface area contributed by atoms with Gasteiger partial charge in [0.15, 0.2) is 0 Å². The van der Waals surface area contributed by atoms with E-state index in [1.54, 1.807) is 18.5 Å². The van der Waals surface area contributed by atoms with Gasteiger partial charge in [-0.1, -0.05) is 6.92 Å². The first-order valence-corrected chi connectivity index (χ1v) is 6.56. The van der Waals surface area contributed by atoms with E-state index in [0.29, 0.717) is 17.5 Å². The quantitative estimate of drug-likeness (QED) is 0.872. The number of pyridine rings is 1. The van der Waals surface area contributed by atoms with Crippen molar-refractivity contribution >= 4 is 11.6 Å². The number of piperidine rings is 1. The zero-order valence-corrected chi connectivity index (χ0v) is 11.3. The Balaban J connectivity index is 2.24. The van der Waals surface area contributed by atoms with Crippen LogP contribution in [0.4, 0.5) is 5.69 Å². The first kappa shape index (κ1) is 12.9. The highest BCUT2D eigenvalue weighted by Crippen LogP contribution is 2.25. The number of nitrogens with zero attached hydrogens (tertiary/aromatic N) is 2. The Bertz CT molecular complexity index is 433. The summed E-state index contributed by atoms with van der Waals surface area (Å²) in [6.45, 7) is 5.19.